The summed E-state index contributed by atoms with van der Waals surface area (Å²) in [6.45, 7) is 2.71. The summed E-state index contributed by atoms with van der Waals surface area (Å²) in [4.78, 5) is 26.6. The van der Waals surface area contributed by atoms with Crippen LogP contribution in [0.3, 0.4) is 0 Å². The van der Waals surface area contributed by atoms with Gasteiger partial charge in [0.05, 0.1) is 12.0 Å². The van der Waals surface area contributed by atoms with E-state index in [4.69, 9.17) is 0 Å². The van der Waals surface area contributed by atoms with Crippen LogP contribution in [-0.4, -0.2) is 37.3 Å². The molecule has 0 saturated heterocycles. The minimum Gasteiger partial charge on any atom is -0.508 e. The van der Waals surface area contributed by atoms with Crippen molar-refractivity contribution in [2.24, 2.45) is 0 Å². The maximum absolute atomic E-state index is 12.2. The van der Waals surface area contributed by atoms with E-state index in [0.29, 0.717) is 24.5 Å². The Morgan fingerprint density at radius 2 is 2.04 bits per heavy atom. The van der Waals surface area contributed by atoms with E-state index in [9.17, 15) is 9.90 Å². The Morgan fingerprint density at radius 1 is 1.23 bits per heavy atom. The fourth-order valence-electron chi connectivity index (χ4n) is 2.41. The summed E-state index contributed by atoms with van der Waals surface area (Å²) in [7, 11) is 0. The highest BCUT2D eigenvalue weighted by Crippen LogP contribution is 2.13. The van der Waals surface area contributed by atoms with Crippen LogP contribution in [0.2, 0.25) is 0 Å². The molecule has 136 valence electrons. The van der Waals surface area contributed by atoms with E-state index in [1.165, 1.54) is 0 Å². The molecule has 0 fully saturated rings. The molecule has 2 heterocycles. The highest BCUT2D eigenvalue weighted by atomic mass is 32.2. The number of benzene rings is 1. The number of phenols is 1. The maximum atomic E-state index is 12.2. The number of aromatic nitrogens is 4. The lowest BCUT2D eigenvalue weighted by molar-refractivity contribution is 0.475. The molecule has 0 bridgehead atoms. The molecule has 8 heteroatoms. The number of H-pyrrole nitrogens is 2. The van der Waals surface area contributed by atoms with Crippen LogP contribution in [0, 0.1) is 6.92 Å². The third-order valence-corrected chi connectivity index (χ3v) is 4.89. The highest BCUT2D eigenvalue weighted by molar-refractivity contribution is 7.98. The van der Waals surface area contributed by atoms with Crippen molar-refractivity contribution in [3.63, 3.8) is 0 Å². The summed E-state index contributed by atoms with van der Waals surface area (Å²) in [6, 6.07) is 6.79. The van der Waals surface area contributed by atoms with E-state index in [-0.39, 0.29) is 11.3 Å². The monoisotopic (exact) mass is 371 g/mol. The van der Waals surface area contributed by atoms with E-state index in [1.807, 2.05) is 6.92 Å². The van der Waals surface area contributed by atoms with Crippen LogP contribution in [0.5, 0.6) is 5.75 Å². The number of aromatic amines is 2. The van der Waals surface area contributed by atoms with Gasteiger partial charge in [-0.05, 0) is 24.6 Å². The highest BCUT2D eigenvalue weighted by Gasteiger charge is 2.05. The van der Waals surface area contributed by atoms with Crippen molar-refractivity contribution in [3.8, 4) is 5.75 Å². The molecule has 0 unspecified atom stereocenters. The second-order valence-corrected chi connectivity index (χ2v) is 6.99. The van der Waals surface area contributed by atoms with Gasteiger partial charge in [0.15, 0.2) is 0 Å². The van der Waals surface area contributed by atoms with Crippen LogP contribution in [0.25, 0.3) is 0 Å². The molecular weight excluding hydrogens is 350 g/mol. The Labute approximate surface area is 155 Å². The van der Waals surface area contributed by atoms with Gasteiger partial charge in [0.2, 0.25) is 5.95 Å². The predicted molar refractivity (Wildman–Crippen MR) is 104 cm³/mol. The number of anilines is 1. The van der Waals surface area contributed by atoms with Gasteiger partial charge < -0.3 is 15.4 Å². The van der Waals surface area contributed by atoms with Gasteiger partial charge in [0, 0.05) is 41.9 Å². The first kappa shape index (κ1) is 18.1. The van der Waals surface area contributed by atoms with Gasteiger partial charge in [-0.15, -0.1) is 0 Å². The minimum absolute atomic E-state index is 0.157. The van der Waals surface area contributed by atoms with Gasteiger partial charge >= 0.3 is 0 Å². The lowest BCUT2D eigenvalue weighted by Crippen LogP contribution is -2.18. The topological polar surface area (TPSA) is 107 Å². The first-order valence-corrected chi connectivity index (χ1v) is 9.44. The quantitative estimate of drug-likeness (QED) is 0.453. The Bertz CT molecular complexity index is 904. The average molecular weight is 371 g/mol. The van der Waals surface area contributed by atoms with Crippen molar-refractivity contribution in [2.75, 3.05) is 17.6 Å². The normalized spacial score (nSPS) is 10.8. The number of imidazole rings is 1. The van der Waals surface area contributed by atoms with E-state index < -0.39 is 0 Å². The maximum Gasteiger partial charge on any atom is 0.255 e. The zero-order valence-electron chi connectivity index (χ0n) is 14.5. The number of nitrogens with one attached hydrogen (secondary N) is 3. The number of aryl methyl sites for hydroxylation is 1. The number of thioether (sulfide) groups is 1. The molecule has 0 atom stereocenters. The molecule has 3 rings (SSSR count). The number of rotatable bonds is 8. The first-order valence-electron chi connectivity index (χ1n) is 8.28. The third kappa shape index (κ3) is 4.89. The van der Waals surface area contributed by atoms with Gasteiger partial charge in [0.25, 0.3) is 5.56 Å². The molecule has 0 amide bonds. The molecule has 0 radical (unpaired) electrons. The second kappa shape index (κ2) is 8.57. The van der Waals surface area contributed by atoms with Crippen molar-refractivity contribution in [1.29, 1.82) is 0 Å². The van der Waals surface area contributed by atoms with Gasteiger partial charge in [0.1, 0.15) is 5.75 Å². The SMILES string of the molecule is Cc1[nH]cnc1CSCCNc1ncc(Cc2ccc(O)cc2)c(=O)[nH]1. The molecule has 26 heavy (non-hydrogen) atoms. The van der Waals surface area contributed by atoms with Gasteiger partial charge in [-0.2, -0.15) is 11.8 Å². The van der Waals surface area contributed by atoms with Crippen LogP contribution in [0.15, 0.2) is 41.6 Å². The molecule has 0 aliphatic rings. The van der Waals surface area contributed by atoms with Gasteiger partial charge in [-0.3, -0.25) is 9.78 Å². The standard InChI is InChI=1S/C18H21N5O2S/c1-12-16(22-11-21-12)10-26-7-6-19-18-20-9-14(17(25)23-18)8-13-2-4-15(24)5-3-13/h2-5,9,11,24H,6-8,10H2,1H3,(H,21,22)(H2,19,20,23,25). The van der Waals surface area contributed by atoms with Gasteiger partial charge in [-0.25, -0.2) is 9.97 Å². The van der Waals surface area contributed by atoms with Crippen LogP contribution in [0.1, 0.15) is 22.5 Å². The fraction of sp³-hybridized carbons (Fsp3) is 0.278. The molecule has 4 N–H and O–H groups in total. The Hall–Kier alpha value is -2.74. The average Bonchev–Trinajstić information content (AvgIpc) is 3.04. The smallest absolute Gasteiger partial charge is 0.255 e. The summed E-state index contributed by atoms with van der Waals surface area (Å²) >= 11 is 1.77. The van der Waals surface area contributed by atoms with Crippen molar-refractivity contribution in [1.82, 2.24) is 19.9 Å². The Morgan fingerprint density at radius 3 is 2.73 bits per heavy atom. The Balaban J connectivity index is 1.47. The zero-order valence-corrected chi connectivity index (χ0v) is 15.3. The molecular formula is C18H21N5O2S. The number of hydrogen-bond donors (Lipinski definition) is 4. The van der Waals surface area contributed by atoms with Crippen molar-refractivity contribution in [2.45, 2.75) is 19.1 Å². The van der Waals surface area contributed by atoms with E-state index in [0.717, 1.165) is 28.5 Å². The van der Waals surface area contributed by atoms with E-state index >= 15 is 0 Å². The molecule has 3 aromatic rings. The predicted octanol–water partition coefficient (Wildman–Crippen LogP) is 2.44. The molecule has 0 saturated carbocycles. The molecule has 0 aliphatic heterocycles. The molecule has 0 spiro atoms. The lowest BCUT2D eigenvalue weighted by Gasteiger charge is -2.06. The lowest BCUT2D eigenvalue weighted by atomic mass is 10.1. The summed E-state index contributed by atoms with van der Waals surface area (Å²) in [6.07, 6.45) is 3.77. The van der Waals surface area contributed by atoms with E-state index in [2.05, 4.69) is 25.3 Å². The summed E-state index contributed by atoms with van der Waals surface area (Å²) < 4.78 is 0. The van der Waals surface area contributed by atoms with Crippen molar-refractivity contribution in [3.05, 3.63) is 69.7 Å². The number of phenolic OH excluding ortho intramolecular Hbond substituents is 1. The first-order chi connectivity index (χ1) is 12.6. The molecule has 2 aromatic heterocycles. The fourth-order valence-corrected chi connectivity index (χ4v) is 3.29. The second-order valence-electron chi connectivity index (χ2n) is 5.88. The van der Waals surface area contributed by atoms with Gasteiger partial charge in [-0.1, -0.05) is 12.1 Å². The summed E-state index contributed by atoms with van der Waals surface area (Å²) in [5.74, 6) is 2.42. The molecule has 1 aromatic carbocycles. The van der Waals surface area contributed by atoms with E-state index in [1.54, 1.807) is 48.6 Å². The van der Waals surface area contributed by atoms with Crippen molar-refractivity contribution < 1.29 is 5.11 Å². The van der Waals surface area contributed by atoms with Crippen LogP contribution < -0.4 is 10.9 Å². The Kier molecular flexibility index (Phi) is 5.96. The largest absolute Gasteiger partial charge is 0.508 e. The number of hydrogen-bond acceptors (Lipinski definition) is 6. The number of nitrogens with zero attached hydrogens (tertiary/aromatic N) is 2. The molecule has 0 aliphatic carbocycles. The summed E-state index contributed by atoms with van der Waals surface area (Å²) in [5, 5.41) is 12.4. The van der Waals surface area contributed by atoms with Crippen LogP contribution >= 0.6 is 11.8 Å². The number of aromatic hydroxyl groups is 1. The van der Waals surface area contributed by atoms with Crippen LogP contribution in [0.4, 0.5) is 5.95 Å². The van der Waals surface area contributed by atoms with Crippen molar-refractivity contribution >= 4 is 17.7 Å². The summed E-state index contributed by atoms with van der Waals surface area (Å²) in [5.41, 5.74) is 3.54. The zero-order chi connectivity index (χ0) is 18.4. The molecule has 7 nitrogen and oxygen atoms in total. The van der Waals surface area contributed by atoms with Crippen LogP contribution in [-0.2, 0) is 12.2 Å². The third-order valence-electron chi connectivity index (χ3n) is 3.92. The minimum atomic E-state index is -0.157.